The molecule has 3 amide bonds. The number of likely N-dealkylation sites (tertiary alicyclic amines) is 2. The van der Waals surface area contributed by atoms with Crippen LogP contribution in [0, 0.1) is 5.92 Å². The molecule has 6 nitrogen and oxygen atoms in total. The van der Waals surface area contributed by atoms with Crippen molar-refractivity contribution in [1.82, 2.24) is 15.1 Å². The van der Waals surface area contributed by atoms with Crippen LogP contribution in [-0.2, 0) is 11.3 Å². The maximum absolute atomic E-state index is 12.3. The fourth-order valence-corrected chi connectivity index (χ4v) is 3.41. The SMILES string of the molecule is O=C1C[C@H](NC(=O)N2CCC(CO)CC2)CN1Cc1ccccc1. The number of aliphatic hydroxyl groups excluding tert-OH is 1. The Kier molecular flexibility index (Phi) is 5.35. The van der Waals surface area contributed by atoms with Gasteiger partial charge in [0.25, 0.3) is 0 Å². The number of amides is 3. The molecule has 2 N–H and O–H groups in total. The number of rotatable bonds is 4. The summed E-state index contributed by atoms with van der Waals surface area (Å²) in [6.45, 7) is 2.69. The van der Waals surface area contributed by atoms with Crippen LogP contribution in [0.4, 0.5) is 4.79 Å². The number of carbonyl (C=O) groups is 2. The van der Waals surface area contributed by atoms with Gasteiger partial charge in [-0.2, -0.15) is 0 Å². The molecule has 0 saturated carbocycles. The fourth-order valence-electron chi connectivity index (χ4n) is 3.41. The fraction of sp³-hybridized carbons (Fsp3) is 0.556. The van der Waals surface area contributed by atoms with E-state index in [1.165, 1.54) is 0 Å². The van der Waals surface area contributed by atoms with Gasteiger partial charge in [-0.25, -0.2) is 4.79 Å². The van der Waals surface area contributed by atoms with Gasteiger partial charge in [0.2, 0.25) is 5.91 Å². The average Bonchev–Trinajstić information content (AvgIpc) is 2.95. The Balaban J connectivity index is 1.48. The topological polar surface area (TPSA) is 72.9 Å². The predicted octanol–water partition coefficient (Wildman–Crippen LogP) is 1.20. The van der Waals surface area contributed by atoms with Gasteiger partial charge in [0, 0.05) is 39.2 Å². The Labute approximate surface area is 142 Å². The molecule has 0 radical (unpaired) electrons. The van der Waals surface area contributed by atoms with Gasteiger partial charge in [-0.1, -0.05) is 30.3 Å². The molecule has 1 aromatic rings. The van der Waals surface area contributed by atoms with Crippen molar-refractivity contribution < 1.29 is 14.7 Å². The van der Waals surface area contributed by atoms with E-state index in [9.17, 15) is 9.59 Å². The normalized spacial score (nSPS) is 22.0. The van der Waals surface area contributed by atoms with Crippen molar-refractivity contribution in [3.63, 3.8) is 0 Å². The third kappa shape index (κ3) is 4.06. The lowest BCUT2D eigenvalue weighted by Gasteiger charge is -2.32. The minimum Gasteiger partial charge on any atom is -0.396 e. The van der Waals surface area contributed by atoms with Crippen LogP contribution in [0.15, 0.2) is 30.3 Å². The van der Waals surface area contributed by atoms with Crippen LogP contribution in [0.5, 0.6) is 0 Å². The first-order valence-corrected chi connectivity index (χ1v) is 8.63. The van der Waals surface area contributed by atoms with E-state index in [4.69, 9.17) is 5.11 Å². The van der Waals surface area contributed by atoms with E-state index in [0.29, 0.717) is 38.5 Å². The van der Waals surface area contributed by atoms with E-state index in [0.717, 1.165) is 18.4 Å². The summed E-state index contributed by atoms with van der Waals surface area (Å²) in [5.41, 5.74) is 1.10. The van der Waals surface area contributed by atoms with E-state index in [-0.39, 0.29) is 24.6 Å². The van der Waals surface area contributed by atoms with Crippen molar-refractivity contribution in [3.05, 3.63) is 35.9 Å². The highest BCUT2D eigenvalue weighted by molar-refractivity contribution is 5.81. The maximum atomic E-state index is 12.3. The number of hydrogen-bond acceptors (Lipinski definition) is 3. The second-order valence-corrected chi connectivity index (χ2v) is 6.72. The maximum Gasteiger partial charge on any atom is 0.317 e. The van der Waals surface area contributed by atoms with Crippen LogP contribution in [-0.4, -0.2) is 59.1 Å². The summed E-state index contributed by atoms with van der Waals surface area (Å²) < 4.78 is 0. The van der Waals surface area contributed by atoms with Crippen molar-refractivity contribution in [3.8, 4) is 0 Å². The summed E-state index contributed by atoms with van der Waals surface area (Å²) in [6, 6.07) is 9.68. The zero-order valence-corrected chi connectivity index (χ0v) is 13.9. The lowest BCUT2D eigenvalue weighted by molar-refractivity contribution is -0.128. The molecule has 0 aromatic heterocycles. The van der Waals surface area contributed by atoms with Crippen LogP contribution in [0.1, 0.15) is 24.8 Å². The average molecular weight is 331 g/mol. The minimum atomic E-state index is -0.121. The summed E-state index contributed by atoms with van der Waals surface area (Å²) in [5.74, 6) is 0.395. The van der Waals surface area contributed by atoms with E-state index >= 15 is 0 Å². The highest BCUT2D eigenvalue weighted by Gasteiger charge is 2.32. The van der Waals surface area contributed by atoms with Crippen molar-refractivity contribution in [1.29, 1.82) is 0 Å². The number of aliphatic hydroxyl groups is 1. The van der Waals surface area contributed by atoms with Gasteiger partial charge < -0.3 is 20.2 Å². The molecule has 6 heteroatoms. The third-order valence-corrected chi connectivity index (χ3v) is 4.92. The number of nitrogens with one attached hydrogen (secondary N) is 1. The highest BCUT2D eigenvalue weighted by atomic mass is 16.3. The molecule has 130 valence electrons. The Morgan fingerprint density at radius 1 is 1.21 bits per heavy atom. The van der Waals surface area contributed by atoms with Gasteiger partial charge in [0.05, 0.1) is 6.04 Å². The standard InChI is InChI=1S/C18H25N3O3/c22-13-15-6-8-20(9-7-15)18(24)19-16-10-17(23)21(12-16)11-14-4-2-1-3-5-14/h1-5,15-16,22H,6-13H2,(H,19,24)/t16-/m0/s1. The van der Waals surface area contributed by atoms with Crippen LogP contribution >= 0.6 is 0 Å². The Hall–Kier alpha value is -2.08. The molecular formula is C18H25N3O3. The summed E-state index contributed by atoms with van der Waals surface area (Å²) >= 11 is 0. The molecule has 0 unspecified atom stereocenters. The summed E-state index contributed by atoms with van der Waals surface area (Å²) in [4.78, 5) is 28.1. The lowest BCUT2D eigenvalue weighted by Crippen LogP contribution is -2.48. The van der Waals surface area contributed by atoms with Crippen LogP contribution in [0.2, 0.25) is 0 Å². The number of urea groups is 1. The predicted molar refractivity (Wildman–Crippen MR) is 90.2 cm³/mol. The highest BCUT2D eigenvalue weighted by Crippen LogP contribution is 2.18. The van der Waals surface area contributed by atoms with E-state index in [1.807, 2.05) is 30.3 Å². The molecule has 2 fully saturated rings. The molecular weight excluding hydrogens is 306 g/mol. The second kappa shape index (κ2) is 7.66. The lowest BCUT2D eigenvalue weighted by atomic mass is 9.98. The van der Waals surface area contributed by atoms with Gasteiger partial charge in [-0.3, -0.25) is 4.79 Å². The van der Waals surface area contributed by atoms with Crippen LogP contribution < -0.4 is 5.32 Å². The molecule has 3 rings (SSSR count). The summed E-state index contributed by atoms with van der Waals surface area (Å²) in [6.07, 6.45) is 2.05. The molecule has 2 heterocycles. The van der Waals surface area contributed by atoms with Crippen LogP contribution in [0.25, 0.3) is 0 Å². The van der Waals surface area contributed by atoms with Gasteiger partial charge in [0.15, 0.2) is 0 Å². The number of piperidine rings is 1. The third-order valence-electron chi connectivity index (χ3n) is 4.92. The first kappa shape index (κ1) is 16.8. The number of nitrogens with zero attached hydrogens (tertiary/aromatic N) is 2. The first-order valence-electron chi connectivity index (χ1n) is 8.63. The van der Waals surface area contributed by atoms with Crippen molar-refractivity contribution >= 4 is 11.9 Å². The van der Waals surface area contributed by atoms with Gasteiger partial charge in [-0.05, 0) is 24.3 Å². The van der Waals surface area contributed by atoms with Gasteiger partial charge >= 0.3 is 6.03 Å². The zero-order chi connectivity index (χ0) is 16.9. The molecule has 1 atom stereocenters. The molecule has 2 aliphatic rings. The Morgan fingerprint density at radius 2 is 1.92 bits per heavy atom. The second-order valence-electron chi connectivity index (χ2n) is 6.72. The van der Waals surface area contributed by atoms with Gasteiger partial charge in [0.1, 0.15) is 0 Å². The van der Waals surface area contributed by atoms with Gasteiger partial charge in [-0.15, -0.1) is 0 Å². The zero-order valence-electron chi connectivity index (χ0n) is 13.9. The molecule has 2 saturated heterocycles. The summed E-state index contributed by atoms with van der Waals surface area (Å²) in [5, 5.41) is 12.2. The van der Waals surface area contributed by atoms with E-state index in [1.54, 1.807) is 9.80 Å². The quantitative estimate of drug-likeness (QED) is 0.871. The van der Waals surface area contributed by atoms with Crippen molar-refractivity contribution in [2.75, 3.05) is 26.2 Å². The first-order chi connectivity index (χ1) is 11.7. The monoisotopic (exact) mass is 331 g/mol. The molecule has 24 heavy (non-hydrogen) atoms. The molecule has 1 aromatic carbocycles. The van der Waals surface area contributed by atoms with Crippen molar-refractivity contribution in [2.24, 2.45) is 5.92 Å². The Morgan fingerprint density at radius 3 is 2.58 bits per heavy atom. The molecule has 2 aliphatic heterocycles. The van der Waals surface area contributed by atoms with E-state index < -0.39 is 0 Å². The number of hydrogen-bond donors (Lipinski definition) is 2. The molecule has 0 spiro atoms. The summed E-state index contributed by atoms with van der Waals surface area (Å²) in [7, 11) is 0. The minimum absolute atomic E-state index is 0.0862. The molecule has 0 aliphatic carbocycles. The number of benzene rings is 1. The molecule has 0 bridgehead atoms. The number of carbonyl (C=O) groups excluding carboxylic acids is 2. The smallest absolute Gasteiger partial charge is 0.317 e. The van der Waals surface area contributed by atoms with Crippen molar-refractivity contribution in [2.45, 2.75) is 31.8 Å². The van der Waals surface area contributed by atoms with Crippen LogP contribution in [0.3, 0.4) is 0 Å². The van der Waals surface area contributed by atoms with E-state index in [2.05, 4.69) is 5.32 Å². The largest absolute Gasteiger partial charge is 0.396 e. The Bertz CT molecular complexity index is 570.